The summed E-state index contributed by atoms with van der Waals surface area (Å²) in [5, 5.41) is 3.05. The molecule has 1 rings (SSSR count). The Balaban J connectivity index is 0.0000116. The number of hydrogen-bond acceptors (Lipinski definition) is 3. The molecular formula is C29H57ClN2O3. The van der Waals surface area contributed by atoms with Crippen molar-refractivity contribution in [3.63, 3.8) is 0 Å². The number of nitrogens with one attached hydrogen (secondary N) is 1. The summed E-state index contributed by atoms with van der Waals surface area (Å²) in [5.74, 6) is 1.54. The van der Waals surface area contributed by atoms with Crippen molar-refractivity contribution >= 4 is 11.9 Å². The summed E-state index contributed by atoms with van der Waals surface area (Å²) in [6, 6.07) is 0. The van der Waals surface area contributed by atoms with Gasteiger partial charge in [0.05, 0.1) is 20.6 Å². The maximum atomic E-state index is 12.6. The van der Waals surface area contributed by atoms with Gasteiger partial charge in [0.1, 0.15) is 5.60 Å². The minimum atomic E-state index is -0.300. The number of carbonyl (C=O) groups excluding carboxylic acids is 2. The Hall–Kier alpha value is -0.810. The van der Waals surface area contributed by atoms with Gasteiger partial charge in [-0.2, -0.15) is 0 Å². The molecule has 0 aromatic heterocycles. The third kappa shape index (κ3) is 16.5. The number of likely N-dealkylation sites (N-methyl/N-ethyl adjacent to an activating group) is 1. The number of esters is 1. The molecule has 1 N–H and O–H groups in total. The highest BCUT2D eigenvalue weighted by molar-refractivity contribution is 5.75. The van der Waals surface area contributed by atoms with E-state index < -0.39 is 0 Å². The lowest BCUT2D eigenvalue weighted by Crippen LogP contribution is -3.00. The molecule has 35 heavy (non-hydrogen) atoms. The van der Waals surface area contributed by atoms with E-state index in [9.17, 15) is 9.59 Å². The van der Waals surface area contributed by atoms with Gasteiger partial charge in [0.2, 0.25) is 5.91 Å². The van der Waals surface area contributed by atoms with Gasteiger partial charge in [0.15, 0.2) is 6.54 Å². The maximum Gasteiger partial charge on any atom is 0.362 e. The Morgan fingerprint density at radius 2 is 1.49 bits per heavy atom. The molecule has 0 aliphatic heterocycles. The van der Waals surface area contributed by atoms with Crippen molar-refractivity contribution in [1.29, 1.82) is 0 Å². The molecule has 0 bridgehead atoms. The van der Waals surface area contributed by atoms with Crippen LogP contribution in [-0.2, 0) is 14.3 Å². The summed E-state index contributed by atoms with van der Waals surface area (Å²) in [5.41, 5.74) is -0.300. The lowest BCUT2D eigenvalue weighted by atomic mass is 9.75. The molecule has 0 radical (unpaired) electrons. The lowest BCUT2D eigenvalue weighted by molar-refractivity contribution is -0.883. The van der Waals surface area contributed by atoms with Gasteiger partial charge in [-0.15, -0.1) is 0 Å². The number of nitrogens with zero attached hydrogens (tertiary/aromatic N) is 1. The van der Waals surface area contributed by atoms with Crippen LogP contribution in [0.25, 0.3) is 0 Å². The molecule has 208 valence electrons. The number of carbonyl (C=O) groups is 2. The molecule has 0 aromatic carbocycles. The van der Waals surface area contributed by atoms with Crippen LogP contribution in [0.3, 0.4) is 0 Å². The minimum Gasteiger partial charge on any atom is -1.00 e. The first kappa shape index (κ1) is 34.2. The highest BCUT2D eigenvalue weighted by atomic mass is 35.5. The second-order valence-corrected chi connectivity index (χ2v) is 12.1. The SMILES string of the molecule is CCCCCCCCCCCC(=O)NCCC[N+](C)(C)CC(=O)OC1(C)CCC(C(C)C)CC1.[Cl-]. The third-order valence-electron chi connectivity index (χ3n) is 7.72. The molecule has 1 aliphatic rings. The second-order valence-electron chi connectivity index (χ2n) is 12.1. The largest absolute Gasteiger partial charge is 1.00 e. The summed E-state index contributed by atoms with van der Waals surface area (Å²) in [6.45, 7) is 10.8. The molecule has 1 aliphatic carbocycles. The Kier molecular flexibility index (Phi) is 18.0. The Labute approximate surface area is 223 Å². The van der Waals surface area contributed by atoms with E-state index in [2.05, 4.69) is 47.1 Å². The molecule has 1 amide bonds. The summed E-state index contributed by atoms with van der Waals surface area (Å²) in [6.07, 6.45) is 17.2. The van der Waals surface area contributed by atoms with Crippen LogP contribution in [-0.4, -0.2) is 55.7 Å². The van der Waals surface area contributed by atoms with E-state index in [4.69, 9.17) is 4.74 Å². The van der Waals surface area contributed by atoms with Gasteiger partial charge in [-0.3, -0.25) is 4.79 Å². The van der Waals surface area contributed by atoms with Gasteiger partial charge >= 0.3 is 5.97 Å². The summed E-state index contributed by atoms with van der Waals surface area (Å²) in [7, 11) is 4.15. The van der Waals surface area contributed by atoms with E-state index >= 15 is 0 Å². The lowest BCUT2D eigenvalue weighted by Gasteiger charge is -2.39. The predicted octanol–water partition coefficient (Wildman–Crippen LogP) is 3.64. The number of hydrogen-bond donors (Lipinski definition) is 1. The number of unbranched alkanes of at least 4 members (excludes halogenated alkanes) is 8. The first-order valence-electron chi connectivity index (χ1n) is 14.4. The van der Waals surface area contributed by atoms with Gasteiger partial charge in [0, 0.05) is 19.4 Å². The van der Waals surface area contributed by atoms with Crippen LogP contribution in [0.1, 0.15) is 124 Å². The van der Waals surface area contributed by atoms with Gasteiger partial charge in [-0.25, -0.2) is 4.79 Å². The zero-order valence-corrected chi connectivity index (χ0v) is 24.7. The Morgan fingerprint density at radius 1 is 0.943 bits per heavy atom. The number of halogens is 1. The van der Waals surface area contributed by atoms with Crippen molar-refractivity contribution in [3.05, 3.63) is 0 Å². The fourth-order valence-corrected chi connectivity index (χ4v) is 5.17. The van der Waals surface area contributed by atoms with Crippen molar-refractivity contribution in [2.24, 2.45) is 11.8 Å². The van der Waals surface area contributed by atoms with Crippen LogP contribution in [0.2, 0.25) is 0 Å². The number of quaternary nitrogens is 1. The molecule has 0 unspecified atom stereocenters. The summed E-state index contributed by atoms with van der Waals surface area (Å²) < 4.78 is 6.55. The van der Waals surface area contributed by atoms with Crippen LogP contribution in [0.4, 0.5) is 0 Å². The van der Waals surface area contributed by atoms with E-state index in [1.165, 1.54) is 44.9 Å². The fourth-order valence-electron chi connectivity index (χ4n) is 5.17. The number of amides is 1. The van der Waals surface area contributed by atoms with Gasteiger partial charge < -0.3 is 26.9 Å². The molecule has 5 nitrogen and oxygen atoms in total. The number of ether oxygens (including phenoxy) is 1. The van der Waals surface area contributed by atoms with Crippen molar-refractivity contribution < 1.29 is 31.2 Å². The predicted molar refractivity (Wildman–Crippen MR) is 143 cm³/mol. The average Bonchev–Trinajstić information content (AvgIpc) is 2.75. The van der Waals surface area contributed by atoms with Gasteiger partial charge in [-0.1, -0.05) is 72.1 Å². The minimum absolute atomic E-state index is 0. The highest BCUT2D eigenvalue weighted by Gasteiger charge is 2.36. The van der Waals surface area contributed by atoms with E-state index in [-0.39, 0.29) is 29.9 Å². The molecule has 0 aromatic rings. The zero-order chi connectivity index (χ0) is 25.5. The van der Waals surface area contributed by atoms with E-state index in [0.29, 0.717) is 29.9 Å². The van der Waals surface area contributed by atoms with E-state index in [1.54, 1.807) is 0 Å². The molecule has 1 fully saturated rings. The fraction of sp³-hybridized carbons (Fsp3) is 0.931. The zero-order valence-electron chi connectivity index (χ0n) is 23.9. The van der Waals surface area contributed by atoms with Crippen LogP contribution in [0.15, 0.2) is 0 Å². The first-order chi connectivity index (χ1) is 16.1. The Bertz CT molecular complexity index is 572. The number of rotatable bonds is 18. The second kappa shape index (κ2) is 18.4. The topological polar surface area (TPSA) is 55.4 Å². The average molecular weight is 517 g/mol. The van der Waals surface area contributed by atoms with E-state index in [1.807, 2.05) is 0 Å². The molecule has 0 spiro atoms. The van der Waals surface area contributed by atoms with E-state index in [0.717, 1.165) is 57.4 Å². The molecule has 0 saturated heterocycles. The van der Waals surface area contributed by atoms with Gasteiger partial charge in [0.25, 0.3) is 0 Å². The van der Waals surface area contributed by atoms with Crippen molar-refractivity contribution in [1.82, 2.24) is 5.32 Å². The van der Waals surface area contributed by atoms with Gasteiger partial charge in [-0.05, 0) is 50.9 Å². The van der Waals surface area contributed by atoms with Crippen molar-refractivity contribution in [2.75, 3.05) is 33.7 Å². The van der Waals surface area contributed by atoms with Crippen LogP contribution in [0, 0.1) is 11.8 Å². The standard InChI is InChI=1S/C29H56N2O3.ClH/c1-7-8-9-10-11-12-13-14-15-17-27(32)30-22-16-23-31(5,6)24-28(33)34-29(4)20-18-26(19-21-29)25(2)3;/h25-26H,7-24H2,1-6H3;1H. The molecule has 6 heteroatoms. The Morgan fingerprint density at radius 3 is 2.03 bits per heavy atom. The van der Waals surface area contributed by atoms with Crippen LogP contribution >= 0.6 is 0 Å². The first-order valence-corrected chi connectivity index (χ1v) is 14.4. The molecule has 0 atom stereocenters. The summed E-state index contributed by atoms with van der Waals surface area (Å²) >= 11 is 0. The molecular weight excluding hydrogens is 460 g/mol. The normalized spacial score (nSPS) is 20.4. The monoisotopic (exact) mass is 516 g/mol. The van der Waals surface area contributed by atoms with Crippen molar-refractivity contribution in [3.8, 4) is 0 Å². The maximum absolute atomic E-state index is 12.6. The smallest absolute Gasteiger partial charge is 0.362 e. The molecule has 0 heterocycles. The third-order valence-corrected chi connectivity index (χ3v) is 7.72. The van der Waals surface area contributed by atoms with Crippen molar-refractivity contribution in [2.45, 2.75) is 130 Å². The van der Waals surface area contributed by atoms with Crippen LogP contribution in [0.5, 0.6) is 0 Å². The van der Waals surface area contributed by atoms with Crippen LogP contribution < -0.4 is 17.7 Å². The molecule has 1 saturated carbocycles. The highest BCUT2D eigenvalue weighted by Crippen LogP contribution is 2.37. The summed E-state index contributed by atoms with van der Waals surface area (Å²) in [4.78, 5) is 24.7. The quantitative estimate of drug-likeness (QED) is 0.172.